The summed E-state index contributed by atoms with van der Waals surface area (Å²) < 4.78 is 32.6. The molecule has 2 unspecified atom stereocenters. The van der Waals surface area contributed by atoms with E-state index >= 15 is 0 Å². The highest BCUT2D eigenvalue weighted by Gasteiger charge is 2.24. The van der Waals surface area contributed by atoms with Gasteiger partial charge >= 0.3 is 0 Å². The molecule has 118 valence electrons. The molecule has 2 rings (SSSR count). The van der Waals surface area contributed by atoms with Crippen LogP contribution in [-0.4, -0.2) is 21.1 Å². The van der Waals surface area contributed by atoms with E-state index in [-0.39, 0.29) is 11.0 Å². The van der Waals surface area contributed by atoms with Crippen molar-refractivity contribution in [1.82, 2.24) is 4.72 Å². The fourth-order valence-electron chi connectivity index (χ4n) is 2.68. The van der Waals surface area contributed by atoms with Crippen LogP contribution in [0.1, 0.15) is 39.5 Å². The molecule has 0 aliphatic heterocycles. The van der Waals surface area contributed by atoms with Crippen LogP contribution in [0.5, 0.6) is 5.75 Å². The average molecular weight is 312 g/mol. The first-order valence-corrected chi connectivity index (χ1v) is 8.98. The lowest BCUT2D eigenvalue weighted by atomic mass is 9.88. The summed E-state index contributed by atoms with van der Waals surface area (Å²) in [5, 5.41) is 0. The Balaban J connectivity index is 2.23. The molecule has 0 spiro atoms. The quantitative estimate of drug-likeness (QED) is 0.819. The number of hydrogen-bond donors (Lipinski definition) is 2. The summed E-state index contributed by atoms with van der Waals surface area (Å²) in [7, 11) is -3.49. The Morgan fingerprint density at radius 1 is 1.33 bits per heavy atom. The van der Waals surface area contributed by atoms with Gasteiger partial charge in [0.25, 0.3) is 0 Å². The van der Waals surface area contributed by atoms with Crippen molar-refractivity contribution in [2.75, 3.05) is 12.3 Å². The number of nitrogens with two attached hydrogens (primary N) is 1. The lowest BCUT2D eigenvalue weighted by Gasteiger charge is -2.29. The molecule has 0 heterocycles. The molecule has 3 N–H and O–H groups in total. The summed E-state index contributed by atoms with van der Waals surface area (Å²) in [6.45, 7) is 4.26. The SMILES string of the molecule is CCNS(=O)(=O)c1ccc(N)c(OC2CCCCC2C)c1. The third-order valence-corrected chi connectivity index (χ3v) is 5.48. The first-order valence-electron chi connectivity index (χ1n) is 7.50. The molecule has 0 bridgehead atoms. The molecule has 2 atom stereocenters. The van der Waals surface area contributed by atoms with Gasteiger partial charge in [-0.05, 0) is 37.3 Å². The van der Waals surface area contributed by atoms with E-state index in [1.54, 1.807) is 13.0 Å². The van der Waals surface area contributed by atoms with E-state index < -0.39 is 10.0 Å². The van der Waals surface area contributed by atoms with Gasteiger partial charge in [0.15, 0.2) is 0 Å². The number of anilines is 1. The molecule has 1 fully saturated rings. The minimum atomic E-state index is -3.49. The van der Waals surface area contributed by atoms with Crippen LogP contribution in [0.3, 0.4) is 0 Å². The Kier molecular flexibility index (Phi) is 5.11. The third kappa shape index (κ3) is 3.89. The maximum Gasteiger partial charge on any atom is 0.240 e. The van der Waals surface area contributed by atoms with Crippen LogP contribution in [-0.2, 0) is 10.0 Å². The topological polar surface area (TPSA) is 81.4 Å². The van der Waals surface area contributed by atoms with Gasteiger partial charge < -0.3 is 10.5 Å². The molecule has 6 heteroatoms. The Morgan fingerprint density at radius 2 is 2.05 bits per heavy atom. The van der Waals surface area contributed by atoms with Crippen molar-refractivity contribution < 1.29 is 13.2 Å². The number of sulfonamides is 1. The van der Waals surface area contributed by atoms with Gasteiger partial charge in [0.2, 0.25) is 10.0 Å². The highest BCUT2D eigenvalue weighted by molar-refractivity contribution is 7.89. The molecule has 0 radical (unpaired) electrons. The highest BCUT2D eigenvalue weighted by atomic mass is 32.2. The van der Waals surface area contributed by atoms with Crippen LogP contribution in [0, 0.1) is 5.92 Å². The van der Waals surface area contributed by atoms with Crippen LogP contribution in [0.4, 0.5) is 5.69 Å². The number of benzene rings is 1. The first kappa shape index (κ1) is 16.1. The largest absolute Gasteiger partial charge is 0.488 e. The standard InChI is InChI=1S/C15H24N2O3S/c1-3-17-21(18,19)12-8-9-13(16)15(10-12)20-14-7-5-4-6-11(14)2/h8-11,14,17H,3-7,16H2,1-2H3. The Labute approximate surface area is 126 Å². The normalized spacial score (nSPS) is 23.0. The lowest BCUT2D eigenvalue weighted by Crippen LogP contribution is -2.29. The van der Waals surface area contributed by atoms with E-state index in [1.807, 2.05) is 0 Å². The lowest BCUT2D eigenvalue weighted by molar-refractivity contribution is 0.103. The molecule has 1 aromatic carbocycles. The molecule has 0 amide bonds. The predicted molar refractivity (Wildman–Crippen MR) is 83.8 cm³/mol. The van der Waals surface area contributed by atoms with Gasteiger partial charge in [-0.15, -0.1) is 0 Å². The van der Waals surface area contributed by atoms with Gasteiger partial charge in [0.1, 0.15) is 11.9 Å². The summed E-state index contributed by atoms with van der Waals surface area (Å²) in [4.78, 5) is 0.192. The molecular formula is C15H24N2O3S. The van der Waals surface area contributed by atoms with E-state index in [9.17, 15) is 8.42 Å². The molecule has 1 saturated carbocycles. The zero-order chi connectivity index (χ0) is 15.5. The number of nitrogen functional groups attached to an aromatic ring is 1. The van der Waals surface area contributed by atoms with Crippen LogP contribution >= 0.6 is 0 Å². The van der Waals surface area contributed by atoms with E-state index in [4.69, 9.17) is 10.5 Å². The second kappa shape index (κ2) is 6.66. The third-order valence-electron chi connectivity index (χ3n) is 3.94. The number of ether oxygens (including phenoxy) is 1. The van der Waals surface area contributed by atoms with Crippen molar-refractivity contribution in [1.29, 1.82) is 0 Å². The van der Waals surface area contributed by atoms with Gasteiger partial charge in [-0.2, -0.15) is 0 Å². The Morgan fingerprint density at radius 3 is 2.71 bits per heavy atom. The van der Waals surface area contributed by atoms with E-state index in [2.05, 4.69) is 11.6 Å². The molecule has 5 nitrogen and oxygen atoms in total. The van der Waals surface area contributed by atoms with Crippen LogP contribution in [0.15, 0.2) is 23.1 Å². The molecule has 0 aromatic heterocycles. The molecule has 1 aromatic rings. The predicted octanol–water partition coefficient (Wildman–Crippen LogP) is 2.52. The molecule has 1 aliphatic carbocycles. The van der Waals surface area contributed by atoms with E-state index in [0.29, 0.717) is 23.9 Å². The summed E-state index contributed by atoms with van der Waals surface area (Å²) in [6.07, 6.45) is 4.61. The van der Waals surface area contributed by atoms with Crippen molar-refractivity contribution in [3.05, 3.63) is 18.2 Å². The van der Waals surface area contributed by atoms with Crippen LogP contribution in [0.25, 0.3) is 0 Å². The average Bonchev–Trinajstić information content (AvgIpc) is 2.43. The number of hydrogen-bond acceptors (Lipinski definition) is 4. The highest BCUT2D eigenvalue weighted by Crippen LogP contribution is 2.32. The minimum Gasteiger partial charge on any atom is -0.488 e. The van der Waals surface area contributed by atoms with Gasteiger partial charge in [-0.3, -0.25) is 0 Å². The van der Waals surface area contributed by atoms with Gasteiger partial charge in [-0.1, -0.05) is 20.3 Å². The fourth-order valence-corrected chi connectivity index (χ4v) is 3.73. The Hall–Kier alpha value is -1.27. The van der Waals surface area contributed by atoms with Crippen molar-refractivity contribution in [2.45, 2.75) is 50.5 Å². The second-order valence-electron chi connectivity index (χ2n) is 5.62. The van der Waals surface area contributed by atoms with Crippen molar-refractivity contribution in [3.63, 3.8) is 0 Å². The van der Waals surface area contributed by atoms with Gasteiger partial charge in [0, 0.05) is 12.6 Å². The molecule has 21 heavy (non-hydrogen) atoms. The van der Waals surface area contributed by atoms with Crippen molar-refractivity contribution >= 4 is 15.7 Å². The summed E-state index contributed by atoms with van der Waals surface area (Å²) >= 11 is 0. The minimum absolute atomic E-state index is 0.109. The number of rotatable bonds is 5. The van der Waals surface area contributed by atoms with Crippen molar-refractivity contribution in [3.8, 4) is 5.75 Å². The monoisotopic (exact) mass is 312 g/mol. The summed E-state index contributed by atoms with van der Waals surface area (Å²) in [5.41, 5.74) is 6.40. The molecule has 1 aliphatic rings. The fraction of sp³-hybridized carbons (Fsp3) is 0.600. The van der Waals surface area contributed by atoms with E-state index in [0.717, 1.165) is 19.3 Å². The van der Waals surface area contributed by atoms with Crippen LogP contribution in [0.2, 0.25) is 0 Å². The number of nitrogens with one attached hydrogen (secondary N) is 1. The Bertz CT molecular complexity index is 587. The zero-order valence-electron chi connectivity index (χ0n) is 12.6. The van der Waals surface area contributed by atoms with Gasteiger partial charge in [-0.25, -0.2) is 13.1 Å². The van der Waals surface area contributed by atoms with Gasteiger partial charge in [0.05, 0.1) is 10.6 Å². The smallest absolute Gasteiger partial charge is 0.240 e. The molecule has 0 saturated heterocycles. The summed E-state index contributed by atoms with van der Waals surface area (Å²) in [6, 6.07) is 4.62. The maximum absolute atomic E-state index is 12.0. The summed E-state index contributed by atoms with van der Waals surface area (Å²) in [5.74, 6) is 0.930. The first-order chi connectivity index (χ1) is 9.94. The van der Waals surface area contributed by atoms with Crippen molar-refractivity contribution in [2.24, 2.45) is 5.92 Å². The molecular weight excluding hydrogens is 288 g/mol. The van der Waals surface area contributed by atoms with E-state index in [1.165, 1.54) is 18.6 Å². The second-order valence-corrected chi connectivity index (χ2v) is 7.39. The van der Waals surface area contributed by atoms with Crippen LogP contribution < -0.4 is 15.2 Å². The maximum atomic E-state index is 12.0. The zero-order valence-corrected chi connectivity index (χ0v) is 13.4.